The lowest BCUT2D eigenvalue weighted by atomic mass is 10.0. The Morgan fingerprint density at radius 3 is 2.00 bits per heavy atom. The normalized spacial score (nSPS) is 20.9. The van der Waals surface area contributed by atoms with E-state index in [1.54, 1.807) is 4.90 Å². The van der Waals surface area contributed by atoms with Crippen molar-refractivity contribution < 1.29 is 40.7 Å². The van der Waals surface area contributed by atoms with Crippen molar-refractivity contribution in [1.29, 1.82) is 0 Å². The van der Waals surface area contributed by atoms with Crippen molar-refractivity contribution in [3.63, 3.8) is 0 Å². The van der Waals surface area contributed by atoms with Gasteiger partial charge in [-0.05, 0) is 76.8 Å². The maximum atomic E-state index is 15.0. The lowest BCUT2D eigenvalue weighted by Crippen LogP contribution is -2.49. The van der Waals surface area contributed by atoms with E-state index in [0.29, 0.717) is 12.1 Å². The van der Waals surface area contributed by atoms with Crippen molar-refractivity contribution in [3.8, 4) is 0 Å². The SMILES string of the molecule is CC1CCC(C)N1C(=O)c1cc(F)c([C@@H](C)NC(=O)C2(NC(=O)c3cc(F)cc(C(F)(F)F)c3)CC2)c(F)c1. The van der Waals surface area contributed by atoms with Gasteiger partial charge in [0.25, 0.3) is 11.8 Å². The van der Waals surface area contributed by atoms with Gasteiger partial charge >= 0.3 is 6.18 Å². The fourth-order valence-corrected chi connectivity index (χ4v) is 4.98. The van der Waals surface area contributed by atoms with E-state index in [1.165, 1.54) is 6.92 Å². The Bertz CT molecular complexity index is 1290. The van der Waals surface area contributed by atoms with E-state index in [4.69, 9.17) is 0 Å². The highest BCUT2D eigenvalue weighted by Crippen LogP contribution is 2.38. The molecule has 39 heavy (non-hydrogen) atoms. The second-order valence-electron chi connectivity index (χ2n) is 10.3. The number of nitrogens with zero attached hydrogens (tertiary/aromatic N) is 1. The number of likely N-dealkylation sites (tertiary alicyclic amines) is 1. The molecule has 2 aliphatic rings. The van der Waals surface area contributed by atoms with Crippen LogP contribution in [-0.2, 0) is 11.0 Å². The van der Waals surface area contributed by atoms with Gasteiger partial charge in [-0.15, -0.1) is 0 Å². The van der Waals surface area contributed by atoms with Crippen LogP contribution in [0.4, 0.5) is 26.3 Å². The zero-order chi connectivity index (χ0) is 28.9. The number of carbonyl (C=O) groups is 3. The molecule has 3 amide bonds. The Balaban J connectivity index is 1.47. The first-order valence-corrected chi connectivity index (χ1v) is 12.5. The van der Waals surface area contributed by atoms with Gasteiger partial charge in [-0.2, -0.15) is 13.2 Å². The van der Waals surface area contributed by atoms with Crippen LogP contribution < -0.4 is 10.6 Å². The third kappa shape index (κ3) is 5.74. The molecule has 2 fully saturated rings. The highest BCUT2D eigenvalue weighted by atomic mass is 19.4. The molecule has 210 valence electrons. The first-order chi connectivity index (χ1) is 18.1. The number of halogens is 6. The summed E-state index contributed by atoms with van der Waals surface area (Å²) in [5.41, 5.74) is -4.18. The van der Waals surface area contributed by atoms with Gasteiger partial charge in [0, 0.05) is 28.8 Å². The van der Waals surface area contributed by atoms with E-state index >= 15 is 8.78 Å². The summed E-state index contributed by atoms with van der Waals surface area (Å²) in [6.07, 6.45) is -3.10. The molecule has 4 rings (SSSR count). The van der Waals surface area contributed by atoms with Crippen molar-refractivity contribution in [1.82, 2.24) is 15.5 Å². The van der Waals surface area contributed by atoms with Crippen LogP contribution in [0.3, 0.4) is 0 Å². The van der Waals surface area contributed by atoms with E-state index in [9.17, 15) is 31.9 Å². The summed E-state index contributed by atoms with van der Waals surface area (Å²) in [6.45, 7) is 5.03. The fourth-order valence-electron chi connectivity index (χ4n) is 4.98. The third-order valence-corrected chi connectivity index (χ3v) is 7.32. The summed E-state index contributed by atoms with van der Waals surface area (Å²) in [6, 6.07) is 1.78. The van der Waals surface area contributed by atoms with Gasteiger partial charge < -0.3 is 15.5 Å². The van der Waals surface area contributed by atoms with Gasteiger partial charge in [-0.3, -0.25) is 14.4 Å². The van der Waals surface area contributed by atoms with Crippen molar-refractivity contribution in [2.45, 2.75) is 76.3 Å². The maximum Gasteiger partial charge on any atom is 0.416 e. The minimum atomic E-state index is -4.89. The van der Waals surface area contributed by atoms with Crippen LogP contribution in [0.5, 0.6) is 0 Å². The van der Waals surface area contributed by atoms with Crippen LogP contribution in [0.2, 0.25) is 0 Å². The topological polar surface area (TPSA) is 78.5 Å². The van der Waals surface area contributed by atoms with Crippen LogP contribution in [0.15, 0.2) is 30.3 Å². The van der Waals surface area contributed by atoms with E-state index < -0.39 is 69.6 Å². The summed E-state index contributed by atoms with van der Waals surface area (Å²) in [4.78, 5) is 40.0. The van der Waals surface area contributed by atoms with Crippen molar-refractivity contribution >= 4 is 17.7 Å². The Morgan fingerprint density at radius 2 is 1.49 bits per heavy atom. The highest BCUT2D eigenvalue weighted by molar-refractivity contribution is 6.01. The maximum absolute atomic E-state index is 15.0. The van der Waals surface area contributed by atoms with Crippen molar-refractivity contribution in [3.05, 3.63) is 70.0 Å². The third-order valence-electron chi connectivity index (χ3n) is 7.32. The number of benzene rings is 2. The number of rotatable bonds is 6. The van der Waals surface area contributed by atoms with Crippen LogP contribution in [0, 0.1) is 17.5 Å². The molecule has 2 unspecified atom stereocenters. The predicted molar refractivity (Wildman–Crippen MR) is 128 cm³/mol. The first kappa shape index (κ1) is 28.4. The number of hydrogen-bond donors (Lipinski definition) is 2. The zero-order valence-corrected chi connectivity index (χ0v) is 21.4. The van der Waals surface area contributed by atoms with Crippen molar-refractivity contribution in [2.24, 2.45) is 0 Å². The number of amides is 3. The lowest BCUT2D eigenvalue weighted by molar-refractivity contribution is -0.137. The number of hydrogen-bond acceptors (Lipinski definition) is 3. The van der Waals surface area contributed by atoms with Crippen LogP contribution in [0.1, 0.15) is 84.3 Å². The summed E-state index contributed by atoms with van der Waals surface area (Å²) in [5, 5.41) is 4.74. The number of nitrogens with one attached hydrogen (secondary N) is 2. The Kier molecular flexibility index (Phi) is 7.44. The molecule has 1 aliphatic carbocycles. The molecule has 1 saturated carbocycles. The van der Waals surface area contributed by atoms with E-state index in [-0.39, 0.29) is 36.6 Å². The standard InChI is InChI=1S/C27H27F6N3O3/c1-13-4-5-14(2)36(13)24(38)17-10-20(29)22(21(30)11-17)15(3)34-25(39)26(6-7-26)35-23(37)16-8-18(27(31,32)33)12-19(28)9-16/h8-15H,4-7H2,1-3H3,(H,34,39)(H,35,37)/t13?,14?,15-/m1/s1. The predicted octanol–water partition coefficient (Wildman–Crippen LogP) is 5.28. The monoisotopic (exact) mass is 555 g/mol. The van der Waals surface area contributed by atoms with Gasteiger partial charge in [-0.1, -0.05) is 0 Å². The molecule has 6 nitrogen and oxygen atoms in total. The van der Waals surface area contributed by atoms with Crippen LogP contribution >= 0.6 is 0 Å². The van der Waals surface area contributed by atoms with Gasteiger partial charge in [0.1, 0.15) is 23.0 Å². The van der Waals surface area contributed by atoms with E-state index in [0.717, 1.165) is 25.0 Å². The first-order valence-electron chi connectivity index (χ1n) is 12.5. The van der Waals surface area contributed by atoms with E-state index in [1.807, 2.05) is 13.8 Å². The molecule has 0 aromatic heterocycles. The van der Waals surface area contributed by atoms with E-state index in [2.05, 4.69) is 10.6 Å². The number of carbonyl (C=O) groups excluding carboxylic acids is 3. The Hall–Kier alpha value is -3.57. The lowest BCUT2D eigenvalue weighted by Gasteiger charge is -2.27. The average molecular weight is 556 g/mol. The van der Waals surface area contributed by atoms with Gasteiger partial charge in [0.2, 0.25) is 5.91 Å². The molecule has 12 heteroatoms. The average Bonchev–Trinajstić information content (AvgIpc) is 3.54. The molecule has 3 atom stereocenters. The van der Waals surface area contributed by atoms with Gasteiger partial charge in [0.05, 0.1) is 11.6 Å². The smallest absolute Gasteiger partial charge is 0.347 e. The van der Waals surface area contributed by atoms with Gasteiger partial charge in [-0.25, -0.2) is 13.2 Å². The zero-order valence-electron chi connectivity index (χ0n) is 21.4. The summed E-state index contributed by atoms with van der Waals surface area (Å²) in [5.74, 6) is -5.78. The molecule has 0 bridgehead atoms. The fraction of sp³-hybridized carbons (Fsp3) is 0.444. The van der Waals surface area contributed by atoms with Crippen molar-refractivity contribution in [2.75, 3.05) is 0 Å². The molecular weight excluding hydrogens is 528 g/mol. The number of alkyl halides is 3. The highest BCUT2D eigenvalue weighted by Gasteiger charge is 2.52. The minimum Gasteiger partial charge on any atom is -0.347 e. The largest absolute Gasteiger partial charge is 0.416 e. The Morgan fingerprint density at radius 1 is 0.923 bits per heavy atom. The molecule has 0 spiro atoms. The summed E-state index contributed by atoms with van der Waals surface area (Å²) in [7, 11) is 0. The molecule has 0 radical (unpaired) electrons. The molecule has 1 saturated heterocycles. The van der Waals surface area contributed by atoms with Crippen LogP contribution in [0.25, 0.3) is 0 Å². The summed E-state index contributed by atoms with van der Waals surface area (Å²) >= 11 is 0. The second kappa shape index (κ2) is 10.2. The minimum absolute atomic E-state index is 0.0751. The van der Waals surface area contributed by atoms with Gasteiger partial charge in [0.15, 0.2) is 0 Å². The molecule has 2 N–H and O–H groups in total. The molecule has 1 heterocycles. The second-order valence-corrected chi connectivity index (χ2v) is 10.3. The molecule has 1 aliphatic heterocycles. The quantitative estimate of drug-likeness (QED) is 0.477. The Labute approximate surface area is 220 Å². The van der Waals surface area contributed by atoms with Crippen LogP contribution in [-0.4, -0.2) is 40.2 Å². The summed E-state index contributed by atoms with van der Waals surface area (Å²) < 4.78 is 82.7. The molecule has 2 aromatic carbocycles. The molecule has 2 aromatic rings. The molecular formula is C27H27F6N3O3.